The minimum absolute atomic E-state index is 0.186. The van der Waals surface area contributed by atoms with Crippen molar-refractivity contribution in [3.05, 3.63) is 103 Å². The van der Waals surface area contributed by atoms with Crippen molar-refractivity contribution in [1.82, 2.24) is 10.6 Å². The molecule has 0 aliphatic rings. The minimum atomic E-state index is -0.668. The van der Waals surface area contributed by atoms with Crippen LogP contribution >= 0.6 is 31.9 Å². The third-order valence-electron chi connectivity index (χ3n) is 7.12. The molecule has 0 bridgehead atoms. The third kappa shape index (κ3) is 13.5. The summed E-state index contributed by atoms with van der Waals surface area (Å²) in [5, 5.41) is 5.81. The molecule has 0 saturated carbocycles. The number of carbonyl (C=O) groups is 2. The molecule has 2 N–H and O–H groups in total. The van der Waals surface area contributed by atoms with Gasteiger partial charge >= 0.3 is 0 Å². The largest absolute Gasteiger partial charge is 0.354 e. The number of benzene rings is 3. The van der Waals surface area contributed by atoms with Crippen molar-refractivity contribution in [3.63, 3.8) is 0 Å². The summed E-state index contributed by atoms with van der Waals surface area (Å²) in [5.41, 5.74) is 3.43. The van der Waals surface area contributed by atoms with E-state index in [4.69, 9.17) is 0 Å². The molecule has 0 aromatic heterocycles. The Morgan fingerprint density at radius 1 is 0.659 bits per heavy atom. The molecule has 2 amide bonds. The van der Waals surface area contributed by atoms with Crippen molar-refractivity contribution in [2.75, 3.05) is 6.54 Å². The Morgan fingerprint density at radius 2 is 1.14 bits per heavy atom. The Bertz CT molecular complexity index is 1430. The first-order valence-electron chi connectivity index (χ1n) is 15.6. The highest BCUT2D eigenvalue weighted by atomic mass is 79.9. The molecule has 0 aliphatic heterocycles. The van der Waals surface area contributed by atoms with Gasteiger partial charge in [0.15, 0.2) is 0 Å². The summed E-state index contributed by atoms with van der Waals surface area (Å²) in [6.07, 6.45) is 12.5. The van der Waals surface area contributed by atoms with Gasteiger partial charge < -0.3 is 10.6 Å². The first-order chi connectivity index (χ1) is 21.3. The predicted molar refractivity (Wildman–Crippen MR) is 188 cm³/mol. The maximum Gasteiger partial charge on any atom is 0.252 e. The zero-order valence-electron chi connectivity index (χ0n) is 25.8. The molecule has 6 heteroatoms. The quantitative estimate of drug-likeness (QED) is 0.129. The van der Waals surface area contributed by atoms with Crippen LogP contribution in [0, 0.1) is 23.7 Å². The Balaban J connectivity index is 1.59. The van der Waals surface area contributed by atoms with E-state index in [2.05, 4.69) is 73.1 Å². The number of halogens is 2. The SMILES string of the molecule is CCCCCCCCCCCCNC(=O)[C@H](C)NC(=O)c1cc(C#Cc2cccc(Br)c2)cc(C#Cc2cccc(Br)c2)c1. The average Bonchev–Trinajstić information content (AvgIpc) is 3.01. The summed E-state index contributed by atoms with van der Waals surface area (Å²) >= 11 is 6.96. The van der Waals surface area contributed by atoms with Crippen molar-refractivity contribution in [1.29, 1.82) is 0 Å². The lowest BCUT2D eigenvalue weighted by Gasteiger charge is -2.14. The second-order valence-corrected chi connectivity index (χ2v) is 12.8. The Hall–Kier alpha value is -3.32. The lowest BCUT2D eigenvalue weighted by molar-refractivity contribution is -0.122. The lowest BCUT2D eigenvalue weighted by atomic mass is 10.0. The molecule has 3 rings (SSSR count). The molecule has 0 aliphatic carbocycles. The molecule has 0 spiro atoms. The minimum Gasteiger partial charge on any atom is -0.354 e. The van der Waals surface area contributed by atoms with Gasteiger partial charge in [0.2, 0.25) is 5.91 Å². The monoisotopic (exact) mass is 716 g/mol. The van der Waals surface area contributed by atoms with Crippen molar-refractivity contribution in [2.45, 2.75) is 84.1 Å². The van der Waals surface area contributed by atoms with Gasteiger partial charge in [0.05, 0.1) is 0 Å². The molecule has 0 radical (unpaired) electrons. The van der Waals surface area contributed by atoms with Gasteiger partial charge in [0.1, 0.15) is 6.04 Å². The fourth-order valence-electron chi connectivity index (χ4n) is 4.65. The van der Waals surface area contributed by atoms with E-state index in [1.54, 1.807) is 19.1 Å². The van der Waals surface area contributed by atoms with Gasteiger partial charge in [-0.1, -0.05) is 132 Å². The number of amides is 2. The number of unbranched alkanes of at least 4 members (excludes halogenated alkanes) is 9. The summed E-state index contributed by atoms with van der Waals surface area (Å²) < 4.78 is 1.89. The molecule has 0 saturated heterocycles. The van der Waals surface area contributed by atoms with E-state index in [1.807, 2.05) is 54.6 Å². The number of hydrogen-bond acceptors (Lipinski definition) is 2. The third-order valence-corrected chi connectivity index (χ3v) is 8.10. The van der Waals surface area contributed by atoms with Crippen LogP contribution < -0.4 is 10.6 Å². The zero-order valence-corrected chi connectivity index (χ0v) is 29.0. The van der Waals surface area contributed by atoms with Gasteiger partial charge in [-0.15, -0.1) is 0 Å². The van der Waals surface area contributed by atoms with Gasteiger partial charge in [-0.3, -0.25) is 9.59 Å². The summed E-state index contributed by atoms with van der Waals surface area (Å²) in [7, 11) is 0. The first-order valence-corrected chi connectivity index (χ1v) is 17.2. The summed E-state index contributed by atoms with van der Waals surface area (Å²) in [5.74, 6) is 12.1. The number of carbonyl (C=O) groups excluding carboxylic acids is 2. The molecule has 0 heterocycles. The number of hydrogen-bond donors (Lipinski definition) is 2. The van der Waals surface area contributed by atoms with E-state index < -0.39 is 6.04 Å². The fourth-order valence-corrected chi connectivity index (χ4v) is 5.45. The van der Waals surface area contributed by atoms with Crippen LogP contribution in [0.15, 0.2) is 75.7 Å². The number of rotatable bonds is 14. The van der Waals surface area contributed by atoms with Crippen LogP contribution in [0.2, 0.25) is 0 Å². The van der Waals surface area contributed by atoms with Crippen LogP contribution in [0.5, 0.6) is 0 Å². The highest BCUT2D eigenvalue weighted by Crippen LogP contribution is 2.15. The highest BCUT2D eigenvalue weighted by molar-refractivity contribution is 9.10. The van der Waals surface area contributed by atoms with Gasteiger partial charge in [-0.25, -0.2) is 0 Å². The lowest BCUT2D eigenvalue weighted by Crippen LogP contribution is -2.45. The van der Waals surface area contributed by atoms with E-state index in [0.717, 1.165) is 32.9 Å². The van der Waals surface area contributed by atoms with Crippen LogP contribution in [-0.4, -0.2) is 24.4 Å². The van der Waals surface area contributed by atoms with Crippen LogP contribution in [0.25, 0.3) is 0 Å². The Kier molecular flexibility index (Phi) is 15.9. The summed E-state index contributed by atoms with van der Waals surface area (Å²) in [4.78, 5) is 26.0. The molecule has 1 atom stereocenters. The van der Waals surface area contributed by atoms with Crippen LogP contribution in [0.1, 0.15) is 111 Å². The van der Waals surface area contributed by atoms with Crippen molar-refractivity contribution in [2.24, 2.45) is 0 Å². The van der Waals surface area contributed by atoms with Crippen molar-refractivity contribution in [3.8, 4) is 23.7 Å². The maximum atomic E-state index is 13.3. The van der Waals surface area contributed by atoms with Gasteiger partial charge in [0, 0.05) is 43.3 Å². The Labute approximate surface area is 280 Å². The molecule has 4 nitrogen and oxygen atoms in total. The standard InChI is InChI=1S/C38H42Br2N2O2/c1-3-4-5-6-7-8-9-10-11-12-23-41-37(43)29(2)42-38(44)34-25-32(21-19-30-15-13-17-35(39)27-30)24-33(26-34)22-20-31-16-14-18-36(40)28-31/h13-18,24-29H,3-12,23H2,1-2H3,(H,41,43)(H,42,44)/t29-/m0/s1. The zero-order chi connectivity index (χ0) is 31.6. The maximum absolute atomic E-state index is 13.3. The second kappa shape index (κ2) is 19.9. The highest BCUT2D eigenvalue weighted by Gasteiger charge is 2.17. The fraction of sp³-hybridized carbons (Fsp3) is 0.368. The second-order valence-electron chi connectivity index (χ2n) is 11.0. The van der Waals surface area contributed by atoms with Gasteiger partial charge in [-0.05, 0) is 67.9 Å². The van der Waals surface area contributed by atoms with Gasteiger partial charge in [0.25, 0.3) is 5.91 Å². The molecular weight excluding hydrogens is 676 g/mol. The van der Waals surface area contributed by atoms with Crippen LogP contribution in [0.4, 0.5) is 0 Å². The number of nitrogens with one attached hydrogen (secondary N) is 2. The average molecular weight is 719 g/mol. The normalized spacial score (nSPS) is 11.0. The molecule has 0 unspecified atom stereocenters. The van der Waals surface area contributed by atoms with Crippen molar-refractivity contribution < 1.29 is 9.59 Å². The molecule has 0 fully saturated rings. The van der Waals surface area contributed by atoms with Crippen LogP contribution in [-0.2, 0) is 4.79 Å². The van der Waals surface area contributed by atoms with E-state index in [0.29, 0.717) is 23.2 Å². The molecule has 44 heavy (non-hydrogen) atoms. The summed E-state index contributed by atoms with van der Waals surface area (Å²) in [6, 6.07) is 20.1. The van der Waals surface area contributed by atoms with Gasteiger partial charge in [-0.2, -0.15) is 0 Å². The van der Waals surface area contributed by atoms with E-state index >= 15 is 0 Å². The van der Waals surface area contributed by atoms with E-state index in [9.17, 15) is 9.59 Å². The molecule has 230 valence electrons. The molecule has 3 aromatic rings. The topological polar surface area (TPSA) is 58.2 Å². The first kappa shape index (κ1) is 35.2. The molecular formula is C38H42Br2N2O2. The van der Waals surface area contributed by atoms with E-state index in [1.165, 1.54) is 51.4 Å². The van der Waals surface area contributed by atoms with E-state index in [-0.39, 0.29) is 11.8 Å². The summed E-state index contributed by atoms with van der Waals surface area (Å²) in [6.45, 7) is 4.57. The molecule has 3 aromatic carbocycles. The smallest absolute Gasteiger partial charge is 0.252 e. The van der Waals surface area contributed by atoms with Crippen LogP contribution in [0.3, 0.4) is 0 Å². The predicted octanol–water partition coefficient (Wildman–Crippen LogP) is 9.17. The Morgan fingerprint density at radius 3 is 1.64 bits per heavy atom. The van der Waals surface area contributed by atoms with Crippen molar-refractivity contribution >= 4 is 43.7 Å².